The Hall–Kier alpha value is -0.650. The van der Waals surface area contributed by atoms with Gasteiger partial charge in [0.05, 0.1) is 6.04 Å². The molecule has 2 rings (SSSR count). The minimum Gasteiger partial charge on any atom is -0.352 e. The van der Waals surface area contributed by atoms with Gasteiger partial charge in [0.15, 0.2) is 0 Å². The maximum Gasteiger partial charge on any atom is 0.238 e. The van der Waals surface area contributed by atoms with Crippen LogP contribution in [0.1, 0.15) is 32.1 Å². The van der Waals surface area contributed by atoms with Crippen LogP contribution in [0, 0.1) is 0 Å². The van der Waals surface area contributed by atoms with Gasteiger partial charge in [-0.05, 0) is 39.2 Å². The van der Waals surface area contributed by atoms with Crippen molar-refractivity contribution in [3.63, 3.8) is 0 Å². The molecular formula is C11H22N4O. The van der Waals surface area contributed by atoms with Crippen molar-refractivity contribution >= 4 is 5.91 Å². The number of rotatable bonds is 3. The number of hydrogen-bond donors (Lipinski definition) is 4. The summed E-state index contributed by atoms with van der Waals surface area (Å²) in [5.41, 5.74) is 6.08. The third-order valence-corrected chi connectivity index (χ3v) is 3.57. The third kappa shape index (κ3) is 2.93. The quantitative estimate of drug-likeness (QED) is 0.524. The first-order valence-corrected chi connectivity index (χ1v) is 6.25. The molecule has 1 saturated carbocycles. The molecule has 5 heteroatoms. The van der Waals surface area contributed by atoms with E-state index >= 15 is 0 Å². The van der Waals surface area contributed by atoms with Crippen LogP contribution in [0.4, 0.5) is 0 Å². The van der Waals surface area contributed by atoms with Gasteiger partial charge in [0.1, 0.15) is 0 Å². The lowest BCUT2D eigenvalue weighted by molar-refractivity contribution is -0.124. The van der Waals surface area contributed by atoms with Crippen molar-refractivity contribution in [2.45, 2.75) is 50.2 Å². The Bertz CT molecular complexity index is 240. The lowest BCUT2D eigenvalue weighted by Crippen LogP contribution is -2.54. The first kappa shape index (κ1) is 11.8. The van der Waals surface area contributed by atoms with Gasteiger partial charge in [-0.3, -0.25) is 10.2 Å². The summed E-state index contributed by atoms with van der Waals surface area (Å²) in [6.07, 6.45) is 5.31. The van der Waals surface area contributed by atoms with Gasteiger partial charge >= 0.3 is 0 Å². The van der Waals surface area contributed by atoms with Crippen LogP contribution in [0.3, 0.4) is 0 Å². The fourth-order valence-corrected chi connectivity index (χ4v) is 2.54. The molecule has 3 atom stereocenters. The van der Waals surface area contributed by atoms with E-state index in [1.165, 1.54) is 0 Å². The number of nitrogens with one attached hydrogen (secondary N) is 4. The van der Waals surface area contributed by atoms with E-state index in [2.05, 4.69) is 21.5 Å². The molecule has 92 valence electrons. The van der Waals surface area contributed by atoms with Gasteiger partial charge in [-0.2, -0.15) is 0 Å². The van der Waals surface area contributed by atoms with Crippen molar-refractivity contribution in [3.8, 4) is 0 Å². The topological polar surface area (TPSA) is 65.2 Å². The molecule has 3 unspecified atom stereocenters. The molecule has 1 saturated heterocycles. The molecule has 0 spiro atoms. The second kappa shape index (κ2) is 5.61. The van der Waals surface area contributed by atoms with Gasteiger partial charge in [0.25, 0.3) is 0 Å². The molecule has 1 aliphatic carbocycles. The van der Waals surface area contributed by atoms with Gasteiger partial charge < -0.3 is 10.6 Å². The molecule has 0 radical (unpaired) electrons. The molecular weight excluding hydrogens is 204 g/mol. The molecule has 1 aliphatic heterocycles. The van der Waals surface area contributed by atoms with E-state index < -0.39 is 0 Å². The fraction of sp³-hybridized carbons (Fsp3) is 0.909. The van der Waals surface area contributed by atoms with Crippen molar-refractivity contribution in [3.05, 3.63) is 0 Å². The van der Waals surface area contributed by atoms with E-state index in [4.69, 9.17) is 0 Å². The monoisotopic (exact) mass is 226 g/mol. The molecule has 5 nitrogen and oxygen atoms in total. The fourth-order valence-electron chi connectivity index (χ4n) is 2.54. The predicted molar refractivity (Wildman–Crippen MR) is 62.8 cm³/mol. The Morgan fingerprint density at radius 2 is 2.06 bits per heavy atom. The predicted octanol–water partition coefficient (Wildman–Crippen LogP) is -0.500. The van der Waals surface area contributed by atoms with Crippen LogP contribution in [-0.2, 0) is 4.79 Å². The Morgan fingerprint density at radius 1 is 1.25 bits per heavy atom. The van der Waals surface area contributed by atoms with Gasteiger partial charge in [0.2, 0.25) is 5.91 Å². The van der Waals surface area contributed by atoms with E-state index in [9.17, 15) is 4.79 Å². The van der Waals surface area contributed by atoms with E-state index in [0.29, 0.717) is 12.1 Å². The molecule has 0 aromatic carbocycles. The van der Waals surface area contributed by atoms with E-state index in [1.807, 2.05) is 7.05 Å². The Labute approximate surface area is 96.7 Å². The average molecular weight is 226 g/mol. The van der Waals surface area contributed by atoms with Crippen molar-refractivity contribution in [1.29, 1.82) is 0 Å². The minimum absolute atomic E-state index is 0.0533. The lowest BCUT2D eigenvalue weighted by atomic mass is 10.1. The zero-order chi connectivity index (χ0) is 11.4. The second-order valence-electron chi connectivity index (χ2n) is 4.77. The van der Waals surface area contributed by atoms with Crippen LogP contribution in [0.2, 0.25) is 0 Å². The largest absolute Gasteiger partial charge is 0.352 e. The SMILES string of the molecule is CNC1CCC(NC(=O)C2CCCNN2)C1. The van der Waals surface area contributed by atoms with Gasteiger partial charge in [-0.15, -0.1) is 0 Å². The second-order valence-corrected chi connectivity index (χ2v) is 4.77. The number of hydrogen-bond acceptors (Lipinski definition) is 4. The molecule has 4 N–H and O–H groups in total. The maximum atomic E-state index is 11.9. The first-order valence-electron chi connectivity index (χ1n) is 6.25. The van der Waals surface area contributed by atoms with Crippen LogP contribution in [0.25, 0.3) is 0 Å². The van der Waals surface area contributed by atoms with E-state index in [0.717, 1.165) is 38.6 Å². The Kier molecular flexibility index (Phi) is 4.15. The number of carbonyl (C=O) groups excluding carboxylic acids is 1. The standard InChI is InChI=1S/C11H22N4O/c1-12-8-4-5-9(7-8)14-11(16)10-3-2-6-13-15-10/h8-10,12-13,15H,2-7H2,1H3,(H,14,16). The normalized spacial score (nSPS) is 34.9. The zero-order valence-corrected chi connectivity index (χ0v) is 9.88. The van der Waals surface area contributed by atoms with Crippen molar-refractivity contribution < 1.29 is 4.79 Å². The molecule has 0 aromatic heterocycles. The summed E-state index contributed by atoms with van der Waals surface area (Å²) < 4.78 is 0. The minimum atomic E-state index is -0.0533. The van der Waals surface area contributed by atoms with Crippen molar-refractivity contribution in [2.24, 2.45) is 0 Å². The van der Waals surface area contributed by atoms with Crippen LogP contribution in [-0.4, -0.2) is 37.6 Å². The van der Waals surface area contributed by atoms with Crippen LogP contribution >= 0.6 is 0 Å². The molecule has 2 fully saturated rings. The number of hydrazine groups is 1. The maximum absolute atomic E-state index is 11.9. The van der Waals surface area contributed by atoms with Gasteiger partial charge in [-0.25, -0.2) is 5.43 Å². The highest BCUT2D eigenvalue weighted by Crippen LogP contribution is 2.18. The van der Waals surface area contributed by atoms with Crippen molar-refractivity contribution in [1.82, 2.24) is 21.5 Å². The molecule has 1 heterocycles. The zero-order valence-electron chi connectivity index (χ0n) is 9.88. The summed E-state index contributed by atoms with van der Waals surface area (Å²) >= 11 is 0. The van der Waals surface area contributed by atoms with Crippen molar-refractivity contribution in [2.75, 3.05) is 13.6 Å². The molecule has 16 heavy (non-hydrogen) atoms. The summed E-state index contributed by atoms with van der Waals surface area (Å²) in [6.45, 7) is 0.953. The highest BCUT2D eigenvalue weighted by atomic mass is 16.2. The van der Waals surface area contributed by atoms with Gasteiger partial charge in [-0.1, -0.05) is 0 Å². The van der Waals surface area contributed by atoms with Crippen LogP contribution in [0.15, 0.2) is 0 Å². The number of amides is 1. The van der Waals surface area contributed by atoms with Crippen LogP contribution < -0.4 is 21.5 Å². The van der Waals surface area contributed by atoms with Crippen LogP contribution in [0.5, 0.6) is 0 Å². The highest BCUT2D eigenvalue weighted by Gasteiger charge is 2.27. The highest BCUT2D eigenvalue weighted by molar-refractivity contribution is 5.82. The van der Waals surface area contributed by atoms with E-state index in [1.54, 1.807) is 0 Å². The summed E-state index contributed by atoms with van der Waals surface area (Å²) in [5, 5.41) is 6.40. The lowest BCUT2D eigenvalue weighted by Gasteiger charge is -2.25. The summed E-state index contributed by atoms with van der Waals surface area (Å²) in [7, 11) is 1.99. The first-order chi connectivity index (χ1) is 7.79. The Balaban J connectivity index is 1.74. The molecule has 0 bridgehead atoms. The molecule has 0 aromatic rings. The smallest absolute Gasteiger partial charge is 0.238 e. The summed E-state index contributed by atoms with van der Waals surface area (Å²) in [6, 6.07) is 0.874. The Morgan fingerprint density at radius 3 is 2.69 bits per heavy atom. The van der Waals surface area contributed by atoms with Gasteiger partial charge in [0, 0.05) is 18.6 Å². The molecule has 2 aliphatic rings. The molecule has 1 amide bonds. The average Bonchev–Trinajstić information content (AvgIpc) is 2.78. The summed E-state index contributed by atoms with van der Waals surface area (Å²) in [4.78, 5) is 11.9. The summed E-state index contributed by atoms with van der Waals surface area (Å²) in [5.74, 6) is 0.147. The number of carbonyl (C=O) groups is 1. The third-order valence-electron chi connectivity index (χ3n) is 3.57. The van der Waals surface area contributed by atoms with E-state index in [-0.39, 0.29) is 11.9 Å².